The number of benzene rings is 2. The number of ketones is 1. The zero-order valence-corrected chi connectivity index (χ0v) is 18.2. The smallest absolute Gasteiger partial charge is 0.251 e. The Labute approximate surface area is 184 Å². The highest BCUT2D eigenvalue weighted by atomic mass is 32.1. The van der Waals surface area contributed by atoms with E-state index < -0.39 is 0 Å². The number of fused-ring (bicyclic) bond motifs is 3. The summed E-state index contributed by atoms with van der Waals surface area (Å²) in [7, 11) is 1.62. The van der Waals surface area contributed by atoms with Gasteiger partial charge >= 0.3 is 0 Å². The van der Waals surface area contributed by atoms with Gasteiger partial charge in [-0.05, 0) is 62.2 Å². The van der Waals surface area contributed by atoms with Crippen molar-refractivity contribution in [2.75, 3.05) is 20.1 Å². The molecule has 0 aliphatic carbocycles. The van der Waals surface area contributed by atoms with Crippen LogP contribution < -0.4 is 10.6 Å². The van der Waals surface area contributed by atoms with Gasteiger partial charge in [0.2, 0.25) is 0 Å². The van der Waals surface area contributed by atoms with Crippen molar-refractivity contribution in [1.29, 1.82) is 0 Å². The first-order chi connectivity index (χ1) is 15.1. The van der Waals surface area contributed by atoms with Crippen LogP contribution in [0.5, 0.6) is 0 Å². The van der Waals surface area contributed by atoms with Crippen molar-refractivity contribution in [2.45, 2.75) is 19.3 Å². The Morgan fingerprint density at radius 3 is 2.61 bits per heavy atom. The second kappa shape index (κ2) is 8.24. The van der Waals surface area contributed by atoms with E-state index in [4.69, 9.17) is 4.98 Å². The van der Waals surface area contributed by atoms with Crippen LogP contribution in [0.4, 0.5) is 0 Å². The van der Waals surface area contributed by atoms with Crippen LogP contribution in [0.1, 0.15) is 40.0 Å². The fourth-order valence-electron chi connectivity index (χ4n) is 4.22. The first-order valence-electron chi connectivity index (χ1n) is 10.6. The molecule has 0 spiro atoms. The number of nitrogens with zero attached hydrogens (tertiary/aromatic N) is 2. The molecule has 2 aromatic carbocycles. The highest BCUT2D eigenvalue weighted by molar-refractivity contribution is 7.23. The summed E-state index contributed by atoms with van der Waals surface area (Å²) in [4.78, 5) is 30.2. The first-order valence-corrected chi connectivity index (χ1v) is 11.4. The van der Waals surface area contributed by atoms with Crippen molar-refractivity contribution in [2.24, 2.45) is 5.92 Å². The molecule has 7 heteroatoms. The normalized spacial score (nSPS) is 14.9. The SMILES string of the molecule is CNC(=O)c1ccc(-c2cn3c(n2)sc2cc(C(=O)CC4CCNCC4)ccc23)cc1. The number of thiazole rings is 1. The molecule has 4 aromatic rings. The summed E-state index contributed by atoms with van der Waals surface area (Å²) in [6, 6.07) is 13.4. The van der Waals surface area contributed by atoms with E-state index in [0.717, 1.165) is 57.9 Å². The molecule has 158 valence electrons. The van der Waals surface area contributed by atoms with Gasteiger partial charge in [-0.25, -0.2) is 4.98 Å². The number of imidazole rings is 1. The number of carbonyl (C=O) groups is 2. The van der Waals surface area contributed by atoms with Crippen molar-refractivity contribution in [3.05, 3.63) is 59.8 Å². The molecule has 5 rings (SSSR count). The number of aromatic nitrogens is 2. The molecule has 31 heavy (non-hydrogen) atoms. The third kappa shape index (κ3) is 3.86. The Bertz CT molecular complexity index is 1270. The summed E-state index contributed by atoms with van der Waals surface area (Å²) in [5, 5.41) is 5.98. The van der Waals surface area contributed by atoms with E-state index in [1.165, 1.54) is 0 Å². The van der Waals surface area contributed by atoms with E-state index in [1.54, 1.807) is 30.5 Å². The Balaban J connectivity index is 1.40. The van der Waals surface area contributed by atoms with Crippen LogP contribution in [0.25, 0.3) is 26.4 Å². The molecule has 1 aliphatic rings. The topological polar surface area (TPSA) is 75.5 Å². The molecular formula is C24H24N4O2S. The molecule has 1 aliphatic heterocycles. The first kappa shape index (κ1) is 19.9. The number of hydrogen-bond donors (Lipinski definition) is 2. The van der Waals surface area contributed by atoms with Gasteiger partial charge in [0.1, 0.15) is 0 Å². The summed E-state index contributed by atoms with van der Waals surface area (Å²) in [5.74, 6) is 0.619. The molecule has 6 nitrogen and oxygen atoms in total. The predicted octanol–water partition coefficient (Wildman–Crippen LogP) is 4.15. The lowest BCUT2D eigenvalue weighted by molar-refractivity contribution is 0.0948. The van der Waals surface area contributed by atoms with Crippen LogP contribution in [-0.4, -0.2) is 41.2 Å². The van der Waals surface area contributed by atoms with Crippen LogP contribution in [0, 0.1) is 5.92 Å². The summed E-state index contributed by atoms with van der Waals surface area (Å²) in [6.07, 6.45) is 4.80. The predicted molar refractivity (Wildman–Crippen MR) is 124 cm³/mol. The Hall–Kier alpha value is -3.03. The van der Waals surface area contributed by atoms with Crippen LogP contribution in [0.2, 0.25) is 0 Å². The maximum absolute atomic E-state index is 12.8. The molecule has 1 saturated heterocycles. The van der Waals surface area contributed by atoms with Crippen LogP contribution in [0.3, 0.4) is 0 Å². The van der Waals surface area contributed by atoms with Gasteiger partial charge in [-0.1, -0.05) is 23.5 Å². The minimum atomic E-state index is -0.103. The molecule has 1 fully saturated rings. The number of amides is 1. The average Bonchev–Trinajstić information content (AvgIpc) is 3.37. The second-order valence-electron chi connectivity index (χ2n) is 8.04. The largest absolute Gasteiger partial charge is 0.355 e. The fraction of sp³-hybridized carbons (Fsp3) is 0.292. The minimum Gasteiger partial charge on any atom is -0.355 e. The molecule has 2 N–H and O–H groups in total. The van der Waals surface area contributed by atoms with Gasteiger partial charge in [0.05, 0.1) is 15.9 Å². The molecule has 0 atom stereocenters. The number of Topliss-reactive ketones (excluding diaryl/α,β-unsaturated/α-hetero) is 1. The van der Waals surface area contributed by atoms with E-state index in [2.05, 4.69) is 15.0 Å². The quantitative estimate of drug-likeness (QED) is 0.465. The number of hydrogen-bond acceptors (Lipinski definition) is 5. The number of rotatable bonds is 5. The van der Waals surface area contributed by atoms with Crippen LogP contribution in [-0.2, 0) is 0 Å². The molecule has 0 radical (unpaired) electrons. The van der Waals surface area contributed by atoms with E-state index in [9.17, 15) is 9.59 Å². The molecule has 3 heterocycles. The molecule has 0 unspecified atom stereocenters. The fourth-order valence-corrected chi connectivity index (χ4v) is 5.26. The van der Waals surface area contributed by atoms with E-state index >= 15 is 0 Å². The van der Waals surface area contributed by atoms with Gasteiger partial charge in [0, 0.05) is 36.4 Å². The van der Waals surface area contributed by atoms with Crippen LogP contribution in [0.15, 0.2) is 48.7 Å². The highest BCUT2D eigenvalue weighted by Crippen LogP contribution is 2.31. The lowest BCUT2D eigenvalue weighted by atomic mass is 9.90. The lowest BCUT2D eigenvalue weighted by Crippen LogP contribution is -2.28. The van der Waals surface area contributed by atoms with Crippen LogP contribution >= 0.6 is 11.3 Å². The van der Waals surface area contributed by atoms with Gasteiger partial charge in [0.25, 0.3) is 5.91 Å². The maximum Gasteiger partial charge on any atom is 0.251 e. The summed E-state index contributed by atoms with van der Waals surface area (Å²) >= 11 is 1.59. The second-order valence-corrected chi connectivity index (χ2v) is 9.05. The maximum atomic E-state index is 12.8. The lowest BCUT2D eigenvalue weighted by Gasteiger charge is -2.21. The molecular weight excluding hydrogens is 408 g/mol. The van der Waals surface area contributed by atoms with Gasteiger partial charge in [-0.3, -0.25) is 14.0 Å². The van der Waals surface area contributed by atoms with Crippen molar-refractivity contribution < 1.29 is 9.59 Å². The highest BCUT2D eigenvalue weighted by Gasteiger charge is 2.19. The van der Waals surface area contributed by atoms with Gasteiger partial charge in [-0.2, -0.15) is 0 Å². The minimum absolute atomic E-state index is 0.103. The molecule has 2 aromatic heterocycles. The summed E-state index contributed by atoms with van der Waals surface area (Å²) in [6.45, 7) is 2.02. The monoisotopic (exact) mass is 432 g/mol. The summed E-state index contributed by atoms with van der Waals surface area (Å²) < 4.78 is 3.14. The van der Waals surface area contributed by atoms with Crippen molar-refractivity contribution >= 4 is 38.2 Å². The zero-order chi connectivity index (χ0) is 21.4. The number of nitrogens with one attached hydrogen (secondary N) is 2. The number of carbonyl (C=O) groups excluding carboxylic acids is 2. The van der Waals surface area contributed by atoms with E-state index in [-0.39, 0.29) is 11.7 Å². The third-order valence-corrected chi connectivity index (χ3v) is 7.04. The van der Waals surface area contributed by atoms with Crippen molar-refractivity contribution in [3.8, 4) is 11.3 Å². The Kier molecular flexibility index (Phi) is 5.29. The Morgan fingerprint density at radius 1 is 1.13 bits per heavy atom. The zero-order valence-electron chi connectivity index (χ0n) is 17.4. The van der Waals surface area contributed by atoms with E-state index in [0.29, 0.717) is 17.9 Å². The standard InChI is InChI=1S/C24H24N4O2S/c1-25-23(30)17-4-2-16(3-5-17)19-14-28-20-7-6-18(13-22(20)31-24(28)27-19)21(29)12-15-8-10-26-11-9-15/h2-7,13-15,26H,8-12H2,1H3,(H,25,30). The van der Waals surface area contributed by atoms with Gasteiger partial charge < -0.3 is 10.6 Å². The third-order valence-electron chi connectivity index (χ3n) is 6.02. The van der Waals surface area contributed by atoms with E-state index in [1.807, 2.05) is 36.5 Å². The average molecular weight is 433 g/mol. The summed E-state index contributed by atoms with van der Waals surface area (Å²) in [5.41, 5.74) is 4.30. The van der Waals surface area contributed by atoms with Crippen molar-refractivity contribution in [1.82, 2.24) is 20.0 Å². The van der Waals surface area contributed by atoms with Crippen molar-refractivity contribution in [3.63, 3.8) is 0 Å². The van der Waals surface area contributed by atoms with Gasteiger partial charge in [0.15, 0.2) is 10.7 Å². The molecule has 0 bridgehead atoms. The van der Waals surface area contributed by atoms with Gasteiger partial charge in [-0.15, -0.1) is 0 Å². The Morgan fingerprint density at radius 2 is 1.87 bits per heavy atom. The number of piperidine rings is 1. The molecule has 0 saturated carbocycles. The molecule has 1 amide bonds.